The number of pyridine rings is 1. The van der Waals surface area contributed by atoms with E-state index in [9.17, 15) is 4.79 Å². The first-order valence-corrected chi connectivity index (χ1v) is 11.7. The van der Waals surface area contributed by atoms with E-state index in [1.54, 1.807) is 0 Å². The van der Waals surface area contributed by atoms with Crippen LogP contribution in [0.3, 0.4) is 0 Å². The van der Waals surface area contributed by atoms with Crippen molar-refractivity contribution >= 4 is 23.2 Å². The zero-order valence-corrected chi connectivity index (χ0v) is 19.2. The van der Waals surface area contributed by atoms with Crippen LogP contribution in [-0.2, 0) is 16.1 Å². The second kappa shape index (κ2) is 8.83. The molecule has 2 fully saturated rings. The number of nitrogens with zero attached hydrogens (tertiary/aromatic N) is 6. The van der Waals surface area contributed by atoms with Crippen LogP contribution in [0, 0.1) is 5.92 Å². The third-order valence-electron chi connectivity index (χ3n) is 6.50. The van der Waals surface area contributed by atoms with Crippen LogP contribution in [0.4, 0.5) is 0 Å². The molecule has 0 radical (unpaired) electrons. The summed E-state index contributed by atoms with van der Waals surface area (Å²) in [5.74, 6) is 0.777. The number of rotatable bonds is 5. The van der Waals surface area contributed by atoms with Crippen molar-refractivity contribution in [1.29, 1.82) is 0 Å². The number of aromatic nitrogens is 4. The number of halogens is 1. The zero-order chi connectivity index (χ0) is 23.1. The van der Waals surface area contributed by atoms with Crippen molar-refractivity contribution in [3.05, 3.63) is 59.7 Å². The molecule has 34 heavy (non-hydrogen) atoms. The molecular formula is C24H23ClN6O3. The quantitative estimate of drug-likeness (QED) is 0.435. The average molecular weight is 479 g/mol. The lowest BCUT2D eigenvalue weighted by Gasteiger charge is -2.38. The summed E-state index contributed by atoms with van der Waals surface area (Å²) >= 11 is 6.13. The molecule has 9 nitrogen and oxygen atoms in total. The topological polar surface area (TPSA) is 89.0 Å². The molecular weight excluding hydrogens is 456 g/mol. The minimum Gasteiger partial charge on any atom is -0.380 e. The molecule has 10 heteroatoms. The van der Waals surface area contributed by atoms with Gasteiger partial charge in [0.25, 0.3) is 0 Å². The van der Waals surface area contributed by atoms with Gasteiger partial charge in [-0.1, -0.05) is 28.9 Å². The number of hydrogen-bond donors (Lipinski definition) is 0. The number of carbonyl (C=O) groups is 1. The molecule has 0 aliphatic carbocycles. The van der Waals surface area contributed by atoms with Crippen molar-refractivity contribution in [3.8, 4) is 22.6 Å². The smallest absolute Gasteiger partial charge is 0.230 e. The van der Waals surface area contributed by atoms with E-state index < -0.39 is 0 Å². The Bertz CT molecular complexity index is 1310. The van der Waals surface area contributed by atoms with Crippen LogP contribution in [0.1, 0.15) is 5.69 Å². The van der Waals surface area contributed by atoms with Gasteiger partial charge in [0.15, 0.2) is 0 Å². The summed E-state index contributed by atoms with van der Waals surface area (Å²) in [5, 5.41) is 4.66. The largest absolute Gasteiger partial charge is 0.380 e. The molecule has 1 aromatic carbocycles. The van der Waals surface area contributed by atoms with Gasteiger partial charge in [-0.25, -0.2) is 4.98 Å². The molecule has 2 aliphatic heterocycles. The van der Waals surface area contributed by atoms with Gasteiger partial charge in [-0.3, -0.25) is 9.69 Å². The Morgan fingerprint density at radius 2 is 1.79 bits per heavy atom. The van der Waals surface area contributed by atoms with Crippen LogP contribution in [-0.4, -0.2) is 74.6 Å². The zero-order valence-electron chi connectivity index (χ0n) is 18.4. The van der Waals surface area contributed by atoms with E-state index in [-0.39, 0.29) is 11.8 Å². The van der Waals surface area contributed by atoms with Crippen molar-refractivity contribution in [2.24, 2.45) is 5.92 Å². The van der Waals surface area contributed by atoms with E-state index in [0.717, 1.165) is 54.3 Å². The van der Waals surface area contributed by atoms with E-state index in [1.165, 1.54) is 6.39 Å². The number of carbonyl (C=O) groups excluding carboxylic acids is 1. The highest BCUT2D eigenvalue weighted by molar-refractivity contribution is 6.30. The van der Waals surface area contributed by atoms with Crippen LogP contribution in [0.2, 0.25) is 5.02 Å². The van der Waals surface area contributed by atoms with Gasteiger partial charge in [-0.2, -0.15) is 4.98 Å². The standard InChI is InChI=1S/C24H23ClN6O3/c25-19-4-1-16(2-5-19)22-20(12-29-7-9-30(10-8-29)24(32)18-13-33-14-18)31-11-17(3-6-21(31)27-22)23-26-15-34-28-23/h1-6,11,15,18H,7-10,12-14H2. The first-order valence-electron chi connectivity index (χ1n) is 11.3. The van der Waals surface area contributed by atoms with Crippen LogP contribution in [0.5, 0.6) is 0 Å². The molecule has 6 rings (SSSR count). The summed E-state index contributed by atoms with van der Waals surface area (Å²) in [5.41, 5.74) is 4.66. The maximum absolute atomic E-state index is 12.6. The Kier molecular flexibility index (Phi) is 5.52. The first-order chi connectivity index (χ1) is 16.7. The molecule has 0 N–H and O–H groups in total. The van der Waals surface area contributed by atoms with Gasteiger partial charge in [-0.05, 0) is 24.3 Å². The fourth-order valence-electron chi connectivity index (χ4n) is 4.49. The Labute approximate surface area is 200 Å². The van der Waals surface area contributed by atoms with Crippen molar-refractivity contribution < 1.29 is 14.1 Å². The predicted octanol–water partition coefficient (Wildman–Crippen LogP) is 3.00. The van der Waals surface area contributed by atoms with E-state index in [4.69, 9.17) is 25.8 Å². The van der Waals surface area contributed by atoms with Crippen molar-refractivity contribution in [1.82, 2.24) is 29.3 Å². The predicted molar refractivity (Wildman–Crippen MR) is 125 cm³/mol. The summed E-state index contributed by atoms with van der Waals surface area (Å²) in [6, 6.07) is 11.6. The number of ether oxygens (including phenoxy) is 1. The van der Waals surface area contributed by atoms with Gasteiger partial charge in [0.2, 0.25) is 18.1 Å². The van der Waals surface area contributed by atoms with Gasteiger partial charge in [0.1, 0.15) is 5.65 Å². The van der Waals surface area contributed by atoms with Gasteiger partial charge >= 0.3 is 0 Å². The number of piperazine rings is 1. The molecule has 2 saturated heterocycles. The van der Waals surface area contributed by atoms with Gasteiger partial charge in [0, 0.05) is 55.1 Å². The first kappa shape index (κ1) is 21.3. The van der Waals surface area contributed by atoms with Crippen LogP contribution >= 0.6 is 11.6 Å². The van der Waals surface area contributed by atoms with Crippen molar-refractivity contribution in [3.63, 3.8) is 0 Å². The Morgan fingerprint density at radius 1 is 1.03 bits per heavy atom. The molecule has 2 aliphatic rings. The number of amides is 1. The summed E-state index contributed by atoms with van der Waals surface area (Å²) in [4.78, 5) is 26.0. The number of imidazole rings is 1. The highest BCUT2D eigenvalue weighted by atomic mass is 35.5. The number of benzene rings is 1. The fraction of sp³-hybridized carbons (Fsp3) is 0.333. The minimum atomic E-state index is 0.0328. The lowest BCUT2D eigenvalue weighted by Crippen LogP contribution is -2.53. The van der Waals surface area contributed by atoms with Gasteiger partial charge in [0.05, 0.1) is 30.5 Å². The average Bonchev–Trinajstić information content (AvgIpc) is 3.47. The van der Waals surface area contributed by atoms with Crippen molar-refractivity contribution in [2.75, 3.05) is 39.4 Å². The SMILES string of the molecule is O=C(C1COC1)N1CCN(Cc2c(-c3ccc(Cl)cc3)nc3ccc(-c4ncon4)cn23)CC1. The van der Waals surface area contributed by atoms with E-state index >= 15 is 0 Å². The molecule has 1 amide bonds. The number of fused-ring (bicyclic) bond motifs is 1. The maximum Gasteiger partial charge on any atom is 0.230 e. The van der Waals surface area contributed by atoms with Crippen molar-refractivity contribution in [2.45, 2.75) is 6.54 Å². The van der Waals surface area contributed by atoms with Crippen LogP contribution < -0.4 is 0 Å². The molecule has 5 heterocycles. The Morgan fingerprint density at radius 3 is 2.47 bits per heavy atom. The molecule has 4 aromatic rings. The number of hydrogen-bond acceptors (Lipinski definition) is 7. The second-order valence-corrected chi connectivity index (χ2v) is 9.09. The van der Waals surface area contributed by atoms with E-state index in [2.05, 4.69) is 19.4 Å². The third-order valence-corrected chi connectivity index (χ3v) is 6.75. The maximum atomic E-state index is 12.6. The molecule has 0 spiro atoms. The minimum absolute atomic E-state index is 0.0328. The summed E-state index contributed by atoms with van der Waals surface area (Å²) < 4.78 is 12.2. The summed E-state index contributed by atoms with van der Waals surface area (Å²) in [7, 11) is 0. The second-order valence-electron chi connectivity index (χ2n) is 8.65. The summed E-state index contributed by atoms with van der Waals surface area (Å²) in [6.45, 7) is 4.84. The highest BCUT2D eigenvalue weighted by Gasteiger charge is 2.32. The van der Waals surface area contributed by atoms with Gasteiger partial charge in [-0.15, -0.1) is 0 Å². The molecule has 0 unspecified atom stereocenters. The molecule has 0 saturated carbocycles. The normalized spacial score (nSPS) is 17.3. The van der Waals surface area contributed by atoms with Crippen LogP contribution in [0.25, 0.3) is 28.3 Å². The Balaban J connectivity index is 1.31. The third kappa shape index (κ3) is 3.96. The Hall–Kier alpha value is -3.27. The molecule has 0 bridgehead atoms. The van der Waals surface area contributed by atoms with Gasteiger partial charge < -0.3 is 18.6 Å². The highest BCUT2D eigenvalue weighted by Crippen LogP contribution is 2.29. The molecule has 174 valence electrons. The van der Waals surface area contributed by atoms with Crippen LogP contribution in [0.15, 0.2) is 53.5 Å². The summed E-state index contributed by atoms with van der Waals surface area (Å²) in [6.07, 6.45) is 3.32. The lowest BCUT2D eigenvalue weighted by molar-refractivity contribution is -0.151. The van der Waals surface area contributed by atoms with E-state index in [0.29, 0.717) is 30.6 Å². The molecule has 0 atom stereocenters. The fourth-order valence-corrected chi connectivity index (χ4v) is 4.61. The van der Waals surface area contributed by atoms with E-state index in [1.807, 2.05) is 47.5 Å². The molecule has 3 aromatic heterocycles. The lowest BCUT2D eigenvalue weighted by atomic mass is 10.1. The monoisotopic (exact) mass is 478 g/mol.